The quantitative estimate of drug-likeness (QED) is 0.701. The molecule has 0 radical (unpaired) electrons. The molecule has 1 atom stereocenters. The molecule has 0 bridgehead atoms. The van der Waals surface area contributed by atoms with Crippen molar-refractivity contribution in [3.63, 3.8) is 0 Å². The van der Waals surface area contributed by atoms with Crippen molar-refractivity contribution in [3.05, 3.63) is 53.1 Å². The zero-order valence-corrected chi connectivity index (χ0v) is 19.3. The zero-order chi connectivity index (χ0) is 22.6. The summed E-state index contributed by atoms with van der Waals surface area (Å²) < 4.78 is 38.3. The maximum absolute atomic E-state index is 13.1. The Kier molecular flexibility index (Phi) is 7.23. The van der Waals surface area contributed by atoms with Crippen LogP contribution in [0.5, 0.6) is 11.5 Å². The normalized spacial score (nSPS) is 15.9. The maximum Gasteiger partial charge on any atom is 0.252 e. The molecular formula is C23H30N2O5S. The highest BCUT2D eigenvalue weighted by Crippen LogP contribution is 2.30. The fraction of sp³-hybridized carbons (Fsp3) is 0.435. The summed E-state index contributed by atoms with van der Waals surface area (Å²) in [6.07, 6.45) is 2.76. The van der Waals surface area contributed by atoms with Gasteiger partial charge >= 0.3 is 0 Å². The van der Waals surface area contributed by atoms with Gasteiger partial charge in [0.15, 0.2) is 0 Å². The minimum Gasteiger partial charge on any atom is -0.497 e. The van der Waals surface area contributed by atoms with E-state index in [-0.39, 0.29) is 16.8 Å². The Morgan fingerprint density at radius 1 is 1.03 bits per heavy atom. The van der Waals surface area contributed by atoms with Crippen molar-refractivity contribution in [1.29, 1.82) is 0 Å². The molecule has 31 heavy (non-hydrogen) atoms. The third-order valence-electron chi connectivity index (χ3n) is 5.66. The number of hydrogen-bond acceptors (Lipinski definition) is 5. The molecule has 1 amide bonds. The van der Waals surface area contributed by atoms with E-state index in [2.05, 4.69) is 5.32 Å². The number of piperidine rings is 1. The number of rotatable bonds is 7. The Bertz CT molecular complexity index is 1050. The molecule has 8 heteroatoms. The topological polar surface area (TPSA) is 84.9 Å². The second kappa shape index (κ2) is 9.70. The monoisotopic (exact) mass is 446 g/mol. The van der Waals surface area contributed by atoms with Crippen molar-refractivity contribution in [1.82, 2.24) is 9.62 Å². The van der Waals surface area contributed by atoms with Crippen LogP contribution in [0, 0.1) is 6.92 Å². The number of nitrogens with zero attached hydrogens (tertiary/aromatic N) is 1. The summed E-state index contributed by atoms with van der Waals surface area (Å²) in [5, 5.41) is 2.95. The zero-order valence-electron chi connectivity index (χ0n) is 18.5. The first-order chi connectivity index (χ1) is 14.8. The van der Waals surface area contributed by atoms with E-state index in [4.69, 9.17) is 9.47 Å². The van der Waals surface area contributed by atoms with Gasteiger partial charge in [0.05, 0.1) is 25.2 Å². The lowest BCUT2D eigenvalue weighted by Crippen LogP contribution is -2.35. The van der Waals surface area contributed by atoms with Gasteiger partial charge in [-0.2, -0.15) is 4.31 Å². The molecule has 0 spiro atoms. The summed E-state index contributed by atoms with van der Waals surface area (Å²) in [6, 6.07) is 9.74. The third-order valence-corrected chi connectivity index (χ3v) is 7.55. The number of amides is 1. The number of sulfonamides is 1. The van der Waals surface area contributed by atoms with Gasteiger partial charge in [-0.15, -0.1) is 0 Å². The summed E-state index contributed by atoms with van der Waals surface area (Å²) in [7, 11) is -0.474. The van der Waals surface area contributed by atoms with Gasteiger partial charge in [0.2, 0.25) is 10.0 Å². The molecule has 1 N–H and O–H groups in total. The number of methoxy groups -OCH3 is 2. The fourth-order valence-corrected chi connectivity index (χ4v) is 5.33. The van der Waals surface area contributed by atoms with Gasteiger partial charge in [-0.25, -0.2) is 8.42 Å². The summed E-state index contributed by atoms with van der Waals surface area (Å²) in [6.45, 7) is 4.68. The highest BCUT2D eigenvalue weighted by atomic mass is 32.2. The summed E-state index contributed by atoms with van der Waals surface area (Å²) in [4.78, 5) is 13.2. The lowest BCUT2D eigenvalue weighted by Gasteiger charge is -2.26. The van der Waals surface area contributed by atoms with Crippen LogP contribution in [-0.2, 0) is 10.0 Å². The van der Waals surface area contributed by atoms with Crippen LogP contribution in [0.15, 0.2) is 41.3 Å². The van der Waals surface area contributed by atoms with Gasteiger partial charge in [0.1, 0.15) is 11.5 Å². The second-order valence-corrected chi connectivity index (χ2v) is 9.68. The Balaban J connectivity index is 1.86. The van der Waals surface area contributed by atoms with Crippen molar-refractivity contribution in [2.45, 2.75) is 44.0 Å². The van der Waals surface area contributed by atoms with Gasteiger partial charge in [0.25, 0.3) is 5.91 Å². The molecular weight excluding hydrogens is 416 g/mol. The van der Waals surface area contributed by atoms with Crippen LogP contribution < -0.4 is 14.8 Å². The maximum atomic E-state index is 13.1. The standard InChI is InChI=1S/C23H30N2O5S/c1-16-8-10-19(31(27,28)25-12-6-5-7-13-25)15-20(16)23(26)24-17(2)21-14-18(29-3)9-11-22(21)30-4/h8-11,14-15,17H,5-7,12-13H2,1-4H3,(H,24,26)/t17-/m0/s1. The average molecular weight is 447 g/mol. The predicted molar refractivity (Wildman–Crippen MR) is 119 cm³/mol. The molecule has 1 fully saturated rings. The van der Waals surface area contributed by atoms with Crippen molar-refractivity contribution >= 4 is 15.9 Å². The minimum absolute atomic E-state index is 0.150. The van der Waals surface area contributed by atoms with Gasteiger partial charge in [-0.3, -0.25) is 4.79 Å². The number of aryl methyl sites for hydroxylation is 1. The molecule has 1 saturated heterocycles. The van der Waals surface area contributed by atoms with E-state index in [9.17, 15) is 13.2 Å². The Morgan fingerprint density at radius 2 is 1.74 bits per heavy atom. The molecule has 0 aromatic heterocycles. The number of benzene rings is 2. The van der Waals surface area contributed by atoms with Crippen molar-refractivity contribution in [2.75, 3.05) is 27.3 Å². The van der Waals surface area contributed by atoms with Gasteiger partial charge in [-0.05, 0) is 62.6 Å². The Hall–Kier alpha value is -2.58. The summed E-state index contributed by atoms with van der Waals surface area (Å²) in [5.74, 6) is 0.944. The number of ether oxygens (including phenoxy) is 2. The van der Waals surface area contributed by atoms with Crippen LogP contribution in [0.3, 0.4) is 0 Å². The molecule has 1 heterocycles. The summed E-state index contributed by atoms with van der Waals surface area (Å²) >= 11 is 0. The van der Waals surface area contributed by atoms with E-state index >= 15 is 0 Å². The number of carbonyl (C=O) groups is 1. The Labute approximate surface area is 184 Å². The molecule has 2 aromatic rings. The summed E-state index contributed by atoms with van der Waals surface area (Å²) in [5.41, 5.74) is 1.82. The van der Waals surface area contributed by atoms with E-state index in [1.165, 1.54) is 10.4 Å². The van der Waals surface area contributed by atoms with Gasteiger partial charge in [-0.1, -0.05) is 12.5 Å². The SMILES string of the molecule is COc1ccc(OC)c([C@H](C)NC(=O)c2cc(S(=O)(=O)N3CCCCC3)ccc2C)c1. The van der Waals surface area contributed by atoms with Crippen LogP contribution in [0.2, 0.25) is 0 Å². The molecule has 1 aliphatic heterocycles. The highest BCUT2D eigenvalue weighted by molar-refractivity contribution is 7.89. The molecule has 7 nitrogen and oxygen atoms in total. The molecule has 1 aliphatic rings. The minimum atomic E-state index is -3.62. The van der Waals surface area contributed by atoms with Crippen LogP contribution >= 0.6 is 0 Å². The van der Waals surface area contributed by atoms with Crippen LogP contribution in [0.25, 0.3) is 0 Å². The van der Waals surface area contributed by atoms with Gasteiger partial charge < -0.3 is 14.8 Å². The molecule has 2 aromatic carbocycles. The highest BCUT2D eigenvalue weighted by Gasteiger charge is 2.27. The van der Waals surface area contributed by atoms with E-state index < -0.39 is 10.0 Å². The lowest BCUT2D eigenvalue weighted by molar-refractivity contribution is 0.0938. The first kappa shape index (κ1) is 23.1. The van der Waals surface area contributed by atoms with Crippen LogP contribution in [-0.4, -0.2) is 45.9 Å². The number of carbonyl (C=O) groups excluding carboxylic acids is 1. The van der Waals surface area contributed by atoms with E-state index in [1.54, 1.807) is 45.4 Å². The predicted octanol–water partition coefficient (Wildman–Crippen LogP) is 3.68. The smallest absolute Gasteiger partial charge is 0.252 e. The van der Waals surface area contributed by atoms with Crippen LogP contribution in [0.4, 0.5) is 0 Å². The number of hydrogen-bond donors (Lipinski definition) is 1. The largest absolute Gasteiger partial charge is 0.497 e. The second-order valence-electron chi connectivity index (χ2n) is 7.74. The van der Waals surface area contributed by atoms with Crippen molar-refractivity contribution in [2.24, 2.45) is 0 Å². The molecule has 0 unspecified atom stereocenters. The molecule has 0 aliphatic carbocycles. The average Bonchev–Trinajstić information content (AvgIpc) is 2.79. The third kappa shape index (κ3) is 5.02. The van der Waals surface area contributed by atoms with Crippen molar-refractivity contribution < 1.29 is 22.7 Å². The molecule has 168 valence electrons. The van der Waals surface area contributed by atoms with E-state index in [1.807, 2.05) is 13.0 Å². The van der Waals surface area contributed by atoms with E-state index in [0.29, 0.717) is 35.7 Å². The van der Waals surface area contributed by atoms with E-state index in [0.717, 1.165) is 24.8 Å². The first-order valence-electron chi connectivity index (χ1n) is 10.4. The molecule has 0 saturated carbocycles. The van der Waals surface area contributed by atoms with Gasteiger partial charge in [0, 0.05) is 24.2 Å². The van der Waals surface area contributed by atoms with Crippen molar-refractivity contribution in [3.8, 4) is 11.5 Å². The fourth-order valence-electron chi connectivity index (χ4n) is 3.79. The number of nitrogens with one attached hydrogen (secondary N) is 1. The first-order valence-corrected chi connectivity index (χ1v) is 11.9. The van der Waals surface area contributed by atoms with Crippen LogP contribution in [0.1, 0.15) is 53.7 Å². The molecule has 3 rings (SSSR count). The lowest BCUT2D eigenvalue weighted by atomic mass is 10.0. The Morgan fingerprint density at radius 3 is 2.39 bits per heavy atom.